The Kier molecular flexibility index (Phi) is 4.47. The highest BCUT2D eigenvalue weighted by Gasteiger charge is 2.20. The van der Waals surface area contributed by atoms with Gasteiger partial charge in [-0.25, -0.2) is 8.78 Å². The largest absolute Gasteiger partial charge is 0.352 e. The summed E-state index contributed by atoms with van der Waals surface area (Å²) in [5.41, 5.74) is 5.88. The van der Waals surface area contributed by atoms with Gasteiger partial charge >= 0.3 is 0 Å². The maximum atomic E-state index is 13.0. The Morgan fingerprint density at radius 3 is 2.58 bits per heavy atom. The Labute approximate surface area is 111 Å². The minimum Gasteiger partial charge on any atom is -0.352 e. The Hall–Kier alpha value is -1.49. The van der Waals surface area contributed by atoms with E-state index in [2.05, 4.69) is 5.32 Å². The van der Waals surface area contributed by atoms with Gasteiger partial charge in [-0.15, -0.1) is 0 Å². The highest BCUT2D eigenvalue weighted by molar-refractivity contribution is 5.94. The number of benzene rings is 1. The molecule has 3 N–H and O–H groups in total. The molecule has 1 saturated carbocycles. The van der Waals surface area contributed by atoms with E-state index in [0.29, 0.717) is 12.5 Å². The molecule has 2 unspecified atom stereocenters. The SMILES string of the molecule is NC1CCCC(CNC(=O)c2cc(F)cc(F)c2)C1. The molecular weight excluding hydrogens is 250 g/mol. The predicted molar refractivity (Wildman–Crippen MR) is 68.6 cm³/mol. The van der Waals surface area contributed by atoms with Crippen molar-refractivity contribution < 1.29 is 13.6 Å². The third-order valence-corrected chi connectivity index (χ3v) is 3.50. The summed E-state index contributed by atoms with van der Waals surface area (Å²) in [6, 6.07) is 3.01. The smallest absolute Gasteiger partial charge is 0.251 e. The average Bonchev–Trinajstić information content (AvgIpc) is 2.35. The van der Waals surface area contributed by atoms with Gasteiger partial charge in [0.05, 0.1) is 0 Å². The predicted octanol–water partition coefficient (Wildman–Crippen LogP) is 2.21. The van der Waals surface area contributed by atoms with Crippen LogP contribution in [0.5, 0.6) is 0 Å². The Morgan fingerprint density at radius 1 is 1.26 bits per heavy atom. The molecule has 1 fully saturated rings. The van der Waals surface area contributed by atoms with Crippen molar-refractivity contribution in [3.63, 3.8) is 0 Å². The molecule has 104 valence electrons. The van der Waals surface area contributed by atoms with Crippen LogP contribution in [0.2, 0.25) is 0 Å². The van der Waals surface area contributed by atoms with E-state index in [4.69, 9.17) is 5.73 Å². The van der Waals surface area contributed by atoms with Gasteiger partial charge in [-0.05, 0) is 37.3 Å². The molecule has 5 heteroatoms. The molecule has 0 aliphatic heterocycles. The fourth-order valence-electron chi connectivity index (χ4n) is 2.54. The molecule has 1 amide bonds. The maximum absolute atomic E-state index is 13.0. The highest BCUT2D eigenvalue weighted by Crippen LogP contribution is 2.22. The summed E-state index contributed by atoms with van der Waals surface area (Å²) in [6.45, 7) is 0.505. The van der Waals surface area contributed by atoms with Crippen LogP contribution in [0.15, 0.2) is 18.2 Å². The number of hydrogen-bond donors (Lipinski definition) is 2. The van der Waals surface area contributed by atoms with Crippen LogP contribution >= 0.6 is 0 Å². The molecule has 3 nitrogen and oxygen atoms in total. The second-order valence-corrected chi connectivity index (χ2v) is 5.16. The quantitative estimate of drug-likeness (QED) is 0.883. The first-order valence-electron chi connectivity index (χ1n) is 6.54. The topological polar surface area (TPSA) is 55.1 Å². The van der Waals surface area contributed by atoms with E-state index in [0.717, 1.165) is 43.9 Å². The standard InChI is InChI=1S/C14H18F2N2O/c15-11-5-10(6-12(16)7-11)14(19)18-8-9-2-1-3-13(17)4-9/h5-7,9,13H,1-4,8,17H2,(H,18,19). The number of rotatable bonds is 3. The monoisotopic (exact) mass is 268 g/mol. The third-order valence-electron chi connectivity index (χ3n) is 3.50. The van der Waals surface area contributed by atoms with Crippen LogP contribution in [-0.2, 0) is 0 Å². The van der Waals surface area contributed by atoms with E-state index in [1.54, 1.807) is 0 Å². The summed E-state index contributed by atoms with van der Waals surface area (Å²) < 4.78 is 26.0. The van der Waals surface area contributed by atoms with Gasteiger partial charge in [0.2, 0.25) is 0 Å². The van der Waals surface area contributed by atoms with Gasteiger partial charge in [0.1, 0.15) is 11.6 Å². The van der Waals surface area contributed by atoms with E-state index >= 15 is 0 Å². The lowest BCUT2D eigenvalue weighted by molar-refractivity contribution is 0.0941. The van der Waals surface area contributed by atoms with Gasteiger partial charge in [0.25, 0.3) is 5.91 Å². The fourth-order valence-corrected chi connectivity index (χ4v) is 2.54. The van der Waals surface area contributed by atoms with Gasteiger partial charge in [-0.3, -0.25) is 4.79 Å². The van der Waals surface area contributed by atoms with E-state index in [-0.39, 0.29) is 11.6 Å². The summed E-state index contributed by atoms with van der Waals surface area (Å²) in [6.07, 6.45) is 4.01. The molecule has 0 radical (unpaired) electrons. The van der Waals surface area contributed by atoms with Gasteiger partial charge in [0.15, 0.2) is 0 Å². The van der Waals surface area contributed by atoms with Crippen molar-refractivity contribution in [1.29, 1.82) is 0 Å². The molecule has 0 bridgehead atoms. The highest BCUT2D eigenvalue weighted by atomic mass is 19.1. The Bertz CT molecular complexity index is 445. The summed E-state index contributed by atoms with van der Waals surface area (Å²) in [4.78, 5) is 11.8. The zero-order chi connectivity index (χ0) is 13.8. The van der Waals surface area contributed by atoms with Crippen molar-refractivity contribution in [2.75, 3.05) is 6.54 Å². The van der Waals surface area contributed by atoms with Crippen molar-refractivity contribution in [1.82, 2.24) is 5.32 Å². The van der Waals surface area contributed by atoms with Crippen molar-refractivity contribution in [3.8, 4) is 0 Å². The summed E-state index contributed by atoms with van der Waals surface area (Å²) in [5.74, 6) is -1.58. The number of nitrogens with two attached hydrogens (primary N) is 1. The lowest BCUT2D eigenvalue weighted by atomic mass is 9.86. The van der Waals surface area contributed by atoms with Gasteiger partial charge in [-0.1, -0.05) is 6.42 Å². The van der Waals surface area contributed by atoms with Crippen molar-refractivity contribution in [3.05, 3.63) is 35.4 Å². The van der Waals surface area contributed by atoms with Crippen LogP contribution in [0.25, 0.3) is 0 Å². The lowest BCUT2D eigenvalue weighted by Crippen LogP contribution is -2.35. The molecule has 1 aromatic rings. The third kappa shape index (κ3) is 3.99. The number of halogens is 2. The first-order chi connectivity index (χ1) is 9.04. The fraction of sp³-hybridized carbons (Fsp3) is 0.500. The van der Waals surface area contributed by atoms with E-state index < -0.39 is 17.5 Å². The van der Waals surface area contributed by atoms with Crippen molar-refractivity contribution >= 4 is 5.91 Å². The summed E-state index contributed by atoms with van der Waals surface area (Å²) >= 11 is 0. The summed E-state index contributed by atoms with van der Waals surface area (Å²) in [7, 11) is 0. The van der Waals surface area contributed by atoms with E-state index in [9.17, 15) is 13.6 Å². The number of carbonyl (C=O) groups is 1. The molecule has 19 heavy (non-hydrogen) atoms. The number of carbonyl (C=O) groups excluding carboxylic acids is 1. The lowest BCUT2D eigenvalue weighted by Gasteiger charge is -2.26. The van der Waals surface area contributed by atoms with E-state index in [1.807, 2.05) is 0 Å². The van der Waals surface area contributed by atoms with Crippen LogP contribution in [0.1, 0.15) is 36.0 Å². The molecule has 0 spiro atoms. The molecule has 1 aromatic carbocycles. The second-order valence-electron chi connectivity index (χ2n) is 5.16. The molecule has 1 aliphatic carbocycles. The molecule has 2 atom stereocenters. The molecule has 1 aliphatic rings. The first-order valence-corrected chi connectivity index (χ1v) is 6.54. The van der Waals surface area contributed by atoms with Crippen LogP contribution < -0.4 is 11.1 Å². The zero-order valence-electron chi connectivity index (χ0n) is 10.7. The zero-order valence-corrected chi connectivity index (χ0v) is 10.7. The van der Waals surface area contributed by atoms with Crippen LogP contribution in [0.3, 0.4) is 0 Å². The molecule has 0 saturated heterocycles. The summed E-state index contributed by atoms with van der Waals surface area (Å²) in [5, 5.41) is 2.72. The molecule has 0 aromatic heterocycles. The van der Waals surface area contributed by atoms with Gasteiger partial charge in [-0.2, -0.15) is 0 Å². The van der Waals surface area contributed by atoms with Crippen LogP contribution in [0.4, 0.5) is 8.78 Å². The first kappa shape index (κ1) is 13.9. The maximum Gasteiger partial charge on any atom is 0.251 e. The molecule has 0 heterocycles. The average molecular weight is 268 g/mol. The normalized spacial score (nSPS) is 23.1. The van der Waals surface area contributed by atoms with Gasteiger partial charge < -0.3 is 11.1 Å². The van der Waals surface area contributed by atoms with Crippen LogP contribution in [0, 0.1) is 17.6 Å². The Balaban J connectivity index is 1.90. The van der Waals surface area contributed by atoms with Crippen molar-refractivity contribution in [2.24, 2.45) is 11.7 Å². The molecule has 2 rings (SSSR count). The number of hydrogen-bond acceptors (Lipinski definition) is 2. The number of nitrogens with one attached hydrogen (secondary N) is 1. The minimum atomic E-state index is -0.746. The minimum absolute atomic E-state index is 0.0117. The van der Waals surface area contributed by atoms with Crippen LogP contribution in [-0.4, -0.2) is 18.5 Å². The van der Waals surface area contributed by atoms with Gasteiger partial charge in [0, 0.05) is 24.2 Å². The second kappa shape index (κ2) is 6.10. The number of amides is 1. The van der Waals surface area contributed by atoms with Crippen molar-refractivity contribution in [2.45, 2.75) is 31.7 Å². The molecular formula is C14H18F2N2O. The Morgan fingerprint density at radius 2 is 1.95 bits per heavy atom. The van der Waals surface area contributed by atoms with E-state index in [1.165, 1.54) is 0 Å².